The van der Waals surface area contributed by atoms with Crippen LogP contribution >= 0.6 is 0 Å². The minimum Gasteiger partial charge on any atom is -0.0776 e. The van der Waals surface area contributed by atoms with E-state index in [1.54, 1.807) is 0 Å². The third kappa shape index (κ3) is 4.99. The summed E-state index contributed by atoms with van der Waals surface area (Å²) in [6.45, 7) is 8.88. The van der Waals surface area contributed by atoms with Crippen molar-refractivity contribution in [3.05, 3.63) is 167 Å². The van der Waals surface area contributed by atoms with Gasteiger partial charge in [-0.1, -0.05) is 143 Å². The van der Waals surface area contributed by atoms with Gasteiger partial charge in [0, 0.05) is 5.92 Å². The van der Waals surface area contributed by atoms with Crippen LogP contribution in [0.3, 0.4) is 0 Å². The van der Waals surface area contributed by atoms with Gasteiger partial charge in [-0.3, -0.25) is 0 Å². The molecule has 0 amide bonds. The molecule has 0 spiro atoms. The highest BCUT2D eigenvalue weighted by molar-refractivity contribution is 5.95. The van der Waals surface area contributed by atoms with Gasteiger partial charge in [0.1, 0.15) is 0 Å². The van der Waals surface area contributed by atoms with E-state index in [0.29, 0.717) is 11.8 Å². The van der Waals surface area contributed by atoms with E-state index in [4.69, 9.17) is 0 Å². The molecule has 0 aliphatic heterocycles. The zero-order valence-electron chi connectivity index (χ0n) is 25.6. The second-order valence-electron chi connectivity index (χ2n) is 12.2. The number of rotatable bonds is 4. The van der Waals surface area contributed by atoms with Gasteiger partial charge in [-0.05, 0) is 116 Å². The number of hydrogen-bond acceptors (Lipinski definition) is 0. The summed E-state index contributed by atoms with van der Waals surface area (Å²) in [4.78, 5) is 0. The molecule has 0 N–H and O–H groups in total. The van der Waals surface area contributed by atoms with Gasteiger partial charge in [0.05, 0.1) is 0 Å². The van der Waals surface area contributed by atoms with Crippen LogP contribution in [-0.4, -0.2) is 0 Å². The molecule has 2 atom stereocenters. The number of aryl methyl sites for hydroxylation is 2. The van der Waals surface area contributed by atoms with Crippen LogP contribution in [0.15, 0.2) is 133 Å². The van der Waals surface area contributed by atoms with Crippen molar-refractivity contribution in [3.8, 4) is 44.5 Å². The molecule has 0 bridgehead atoms. The second kappa shape index (κ2) is 12.1. The van der Waals surface area contributed by atoms with E-state index in [1.165, 1.54) is 84.3 Å². The third-order valence-corrected chi connectivity index (χ3v) is 9.60. The predicted octanol–water partition coefficient (Wildman–Crippen LogP) is 12.6. The fourth-order valence-corrected chi connectivity index (χ4v) is 7.02. The fourth-order valence-electron chi connectivity index (χ4n) is 7.02. The number of hydrogen-bond donors (Lipinski definition) is 0. The Kier molecular flexibility index (Phi) is 8.11. The zero-order chi connectivity index (χ0) is 29.5. The first-order chi connectivity index (χ1) is 21.0. The molecule has 0 aromatic heterocycles. The van der Waals surface area contributed by atoms with Crippen LogP contribution in [0.1, 0.15) is 72.9 Å². The van der Waals surface area contributed by atoms with Gasteiger partial charge in [0.2, 0.25) is 0 Å². The van der Waals surface area contributed by atoms with Crippen molar-refractivity contribution in [2.45, 2.75) is 53.4 Å². The molecule has 218 valence electrons. The third-order valence-electron chi connectivity index (χ3n) is 9.60. The van der Waals surface area contributed by atoms with Crippen LogP contribution in [0.5, 0.6) is 0 Å². The summed E-state index contributed by atoms with van der Waals surface area (Å²) >= 11 is 0. The van der Waals surface area contributed by atoms with Crippen LogP contribution in [0.25, 0.3) is 44.5 Å². The minimum atomic E-state index is 0. The highest BCUT2D eigenvalue weighted by atomic mass is 14.4. The average molecular weight is 571 g/mol. The van der Waals surface area contributed by atoms with Crippen molar-refractivity contribution in [2.24, 2.45) is 0 Å². The van der Waals surface area contributed by atoms with Crippen molar-refractivity contribution in [2.75, 3.05) is 0 Å². The molecule has 8 rings (SSSR count). The van der Waals surface area contributed by atoms with Crippen molar-refractivity contribution in [3.63, 3.8) is 0 Å². The van der Waals surface area contributed by atoms with Gasteiger partial charge < -0.3 is 0 Å². The topological polar surface area (TPSA) is 0 Å². The molecule has 0 heterocycles. The second-order valence-corrected chi connectivity index (χ2v) is 12.2. The highest BCUT2D eigenvalue weighted by Crippen LogP contribution is 2.58. The van der Waals surface area contributed by atoms with E-state index >= 15 is 0 Å². The SMILES string of the molecule is C.CCC(C)c1ccccc1.Cc1ccccc1-c1cc(-c2ccc3c(c2)-c2cccc4c2C3c2ccccc2-4)ccc1C. The summed E-state index contributed by atoms with van der Waals surface area (Å²) in [5.74, 6) is 1.08. The Morgan fingerprint density at radius 2 is 1.05 bits per heavy atom. The normalized spacial score (nSPS) is 14.0. The Balaban J connectivity index is 0.000000269. The average Bonchev–Trinajstić information content (AvgIpc) is 3.58. The number of fused-ring (bicyclic) bond motifs is 6. The lowest BCUT2D eigenvalue weighted by Gasteiger charge is -2.14. The largest absolute Gasteiger partial charge is 0.0776 e. The summed E-state index contributed by atoms with van der Waals surface area (Å²) in [6, 6.07) is 49.0. The van der Waals surface area contributed by atoms with Crippen LogP contribution < -0.4 is 0 Å². The Hall–Kier alpha value is -4.68. The van der Waals surface area contributed by atoms with E-state index in [9.17, 15) is 0 Å². The molecule has 6 aromatic rings. The van der Waals surface area contributed by atoms with Gasteiger partial charge in [-0.2, -0.15) is 0 Å². The minimum absolute atomic E-state index is 0. The molecule has 2 unspecified atom stereocenters. The van der Waals surface area contributed by atoms with Crippen molar-refractivity contribution < 1.29 is 0 Å². The molecule has 2 aliphatic carbocycles. The van der Waals surface area contributed by atoms with Crippen LogP contribution in [-0.2, 0) is 0 Å². The lowest BCUT2D eigenvalue weighted by Crippen LogP contribution is -1.94. The first-order valence-corrected chi connectivity index (χ1v) is 15.6. The van der Waals surface area contributed by atoms with Crippen molar-refractivity contribution in [1.29, 1.82) is 0 Å². The van der Waals surface area contributed by atoms with E-state index in [0.717, 1.165) is 0 Å². The first kappa shape index (κ1) is 29.4. The molecule has 0 fully saturated rings. The Labute approximate surface area is 264 Å². The quantitative estimate of drug-likeness (QED) is 0.197. The highest BCUT2D eigenvalue weighted by Gasteiger charge is 2.38. The summed E-state index contributed by atoms with van der Waals surface area (Å²) in [5, 5.41) is 0. The van der Waals surface area contributed by atoms with Gasteiger partial charge in [0.15, 0.2) is 0 Å². The fraction of sp³-hybridized carbons (Fsp3) is 0.182. The first-order valence-electron chi connectivity index (χ1n) is 15.6. The summed E-state index contributed by atoms with van der Waals surface area (Å²) in [7, 11) is 0. The van der Waals surface area contributed by atoms with Crippen LogP contribution in [0.4, 0.5) is 0 Å². The zero-order valence-corrected chi connectivity index (χ0v) is 25.6. The molecule has 2 aliphatic rings. The number of benzene rings is 6. The Morgan fingerprint density at radius 1 is 0.500 bits per heavy atom. The van der Waals surface area contributed by atoms with E-state index in [2.05, 4.69) is 161 Å². The molecule has 0 saturated heterocycles. The molecular formula is C44H42. The van der Waals surface area contributed by atoms with E-state index in [1.807, 2.05) is 0 Å². The molecular weight excluding hydrogens is 528 g/mol. The van der Waals surface area contributed by atoms with Gasteiger partial charge >= 0.3 is 0 Å². The van der Waals surface area contributed by atoms with Gasteiger partial charge in [-0.15, -0.1) is 0 Å². The van der Waals surface area contributed by atoms with Crippen molar-refractivity contribution in [1.82, 2.24) is 0 Å². The monoisotopic (exact) mass is 570 g/mol. The van der Waals surface area contributed by atoms with Crippen molar-refractivity contribution >= 4 is 0 Å². The standard InChI is InChI=1S/C33H24.C10H14.CH4/c1-20-8-3-4-9-24(20)30-18-22(15-14-21(30)2)23-16-17-29-31(19-23)28-13-7-12-27-25-10-5-6-11-26(25)33(29)32(27)28;1-3-9(2)10-7-5-4-6-8-10;/h3-19,33H,1-2H3;4-9H,3H2,1-2H3;1H4. The molecule has 0 radical (unpaired) electrons. The lowest BCUT2D eigenvalue weighted by molar-refractivity contribution is 0.733. The van der Waals surface area contributed by atoms with E-state index < -0.39 is 0 Å². The smallest absolute Gasteiger partial charge is 0.0364 e. The molecule has 44 heavy (non-hydrogen) atoms. The Bertz CT molecular complexity index is 1940. The van der Waals surface area contributed by atoms with Crippen LogP contribution in [0.2, 0.25) is 0 Å². The lowest BCUT2D eigenvalue weighted by atomic mass is 9.90. The maximum Gasteiger partial charge on any atom is 0.0364 e. The maximum atomic E-state index is 2.41. The Morgan fingerprint density at radius 3 is 1.77 bits per heavy atom. The summed E-state index contributed by atoms with van der Waals surface area (Å²) in [5.41, 5.74) is 19.3. The predicted molar refractivity (Wildman–Crippen MR) is 190 cm³/mol. The van der Waals surface area contributed by atoms with Gasteiger partial charge in [0.25, 0.3) is 0 Å². The maximum absolute atomic E-state index is 2.41. The molecule has 0 saturated carbocycles. The molecule has 0 nitrogen and oxygen atoms in total. The summed E-state index contributed by atoms with van der Waals surface area (Å²) < 4.78 is 0. The molecule has 6 aromatic carbocycles. The van der Waals surface area contributed by atoms with Crippen LogP contribution in [0, 0.1) is 13.8 Å². The van der Waals surface area contributed by atoms with Gasteiger partial charge in [-0.25, -0.2) is 0 Å². The molecule has 0 heteroatoms. The summed E-state index contributed by atoms with van der Waals surface area (Å²) in [6.07, 6.45) is 1.23. The van der Waals surface area contributed by atoms with E-state index in [-0.39, 0.29) is 7.43 Å².